The van der Waals surface area contributed by atoms with Gasteiger partial charge in [-0.15, -0.1) is 0 Å². The molecule has 0 saturated carbocycles. The van der Waals surface area contributed by atoms with Gasteiger partial charge < -0.3 is 24.4 Å². The second-order valence-electron chi connectivity index (χ2n) is 7.93. The summed E-state index contributed by atoms with van der Waals surface area (Å²) in [6, 6.07) is 10.9. The third kappa shape index (κ3) is 6.03. The van der Waals surface area contributed by atoms with Crippen molar-refractivity contribution in [2.24, 2.45) is 0 Å². The molecule has 0 bridgehead atoms. The number of morpholine rings is 1. The van der Waals surface area contributed by atoms with Gasteiger partial charge in [-0.3, -0.25) is 19.3 Å². The molecule has 36 heavy (non-hydrogen) atoms. The van der Waals surface area contributed by atoms with Crippen molar-refractivity contribution in [2.45, 2.75) is 6.92 Å². The number of nitrogens with zero attached hydrogens (tertiary/aromatic N) is 2. The molecule has 0 atom stereocenters. The lowest BCUT2D eigenvalue weighted by Crippen LogP contribution is -2.36. The van der Waals surface area contributed by atoms with Gasteiger partial charge in [0.25, 0.3) is 11.1 Å². The molecule has 11 heteroatoms. The number of anilines is 2. The number of nitrogens with one attached hydrogen (secondary N) is 1. The summed E-state index contributed by atoms with van der Waals surface area (Å²) in [4.78, 5) is 41.4. The molecule has 2 aliphatic heterocycles. The summed E-state index contributed by atoms with van der Waals surface area (Å²) >= 11 is 4.24. The number of hydrogen-bond acceptors (Lipinski definition) is 8. The van der Waals surface area contributed by atoms with Gasteiger partial charge in [0.05, 0.1) is 36.3 Å². The van der Waals surface area contributed by atoms with Crippen molar-refractivity contribution in [1.29, 1.82) is 0 Å². The van der Waals surface area contributed by atoms with Gasteiger partial charge in [-0.2, -0.15) is 0 Å². The lowest BCUT2D eigenvalue weighted by atomic mass is 10.2. The normalized spacial score (nSPS) is 17.0. The summed E-state index contributed by atoms with van der Waals surface area (Å²) in [6.07, 6.45) is 1.60. The van der Waals surface area contributed by atoms with E-state index in [1.807, 2.05) is 19.1 Å². The van der Waals surface area contributed by atoms with E-state index in [2.05, 4.69) is 26.1 Å². The second kappa shape index (κ2) is 11.8. The summed E-state index contributed by atoms with van der Waals surface area (Å²) in [5, 5.41) is 2.25. The van der Waals surface area contributed by atoms with Crippen LogP contribution < -0.4 is 19.7 Å². The predicted molar refractivity (Wildman–Crippen MR) is 143 cm³/mol. The Morgan fingerprint density at radius 3 is 2.58 bits per heavy atom. The number of thioether (sulfide) groups is 1. The average molecular weight is 576 g/mol. The third-order valence-electron chi connectivity index (χ3n) is 5.54. The van der Waals surface area contributed by atoms with Gasteiger partial charge >= 0.3 is 0 Å². The number of imide groups is 1. The molecule has 0 aliphatic carbocycles. The fourth-order valence-corrected chi connectivity index (χ4v) is 5.30. The first-order valence-electron chi connectivity index (χ1n) is 11.4. The zero-order valence-electron chi connectivity index (χ0n) is 19.9. The van der Waals surface area contributed by atoms with Crippen LogP contribution in [0.15, 0.2) is 45.8 Å². The summed E-state index contributed by atoms with van der Waals surface area (Å²) in [5.41, 5.74) is 2.29. The Hall–Kier alpha value is -3.02. The lowest BCUT2D eigenvalue weighted by Gasteiger charge is -2.28. The molecule has 4 rings (SSSR count). The standard InChI is InChI=1S/C25H26BrN3O6S/c1-3-35-20-13-16(12-19(26)23(20)33-2)14-21-24(31)29(25(32)36-21)15-22(30)27-17-4-6-18(7-5-17)28-8-10-34-11-9-28/h4-7,12-14H,3,8-11,15H2,1-2H3,(H,27,30)/b21-14+. The fraction of sp³-hybridized carbons (Fsp3) is 0.320. The van der Waals surface area contributed by atoms with Gasteiger partial charge in [-0.1, -0.05) is 0 Å². The van der Waals surface area contributed by atoms with Crippen molar-refractivity contribution in [3.05, 3.63) is 51.3 Å². The zero-order valence-corrected chi connectivity index (χ0v) is 22.3. The summed E-state index contributed by atoms with van der Waals surface area (Å²) in [7, 11) is 1.54. The van der Waals surface area contributed by atoms with E-state index < -0.39 is 17.1 Å². The van der Waals surface area contributed by atoms with Gasteiger partial charge in [0.2, 0.25) is 5.91 Å². The topological polar surface area (TPSA) is 97.4 Å². The number of halogens is 1. The number of amides is 3. The van der Waals surface area contributed by atoms with Crippen molar-refractivity contribution >= 4 is 62.2 Å². The van der Waals surface area contributed by atoms with E-state index in [0.717, 1.165) is 35.4 Å². The summed E-state index contributed by atoms with van der Waals surface area (Å²) in [6.45, 7) is 4.94. The Morgan fingerprint density at radius 1 is 1.19 bits per heavy atom. The largest absolute Gasteiger partial charge is 0.492 e. The lowest BCUT2D eigenvalue weighted by molar-refractivity contribution is -0.127. The fourth-order valence-electron chi connectivity index (χ4n) is 3.84. The van der Waals surface area contributed by atoms with Crippen molar-refractivity contribution in [3.63, 3.8) is 0 Å². The van der Waals surface area contributed by atoms with Gasteiger partial charge in [0.15, 0.2) is 11.5 Å². The summed E-state index contributed by atoms with van der Waals surface area (Å²) < 4.78 is 17.0. The molecule has 0 unspecified atom stereocenters. The molecule has 2 aromatic rings. The van der Waals surface area contributed by atoms with Crippen LogP contribution in [0.25, 0.3) is 6.08 Å². The number of carbonyl (C=O) groups is 3. The number of rotatable bonds is 8. The molecule has 1 N–H and O–H groups in total. The molecule has 2 fully saturated rings. The van der Waals surface area contributed by atoms with Gasteiger partial charge in [0.1, 0.15) is 6.54 Å². The van der Waals surface area contributed by atoms with Crippen LogP contribution in [0.4, 0.5) is 16.2 Å². The Morgan fingerprint density at radius 2 is 1.92 bits per heavy atom. The van der Waals surface area contributed by atoms with Gasteiger partial charge in [-0.05, 0) is 82.7 Å². The van der Waals surface area contributed by atoms with Crippen molar-refractivity contribution in [3.8, 4) is 11.5 Å². The van der Waals surface area contributed by atoms with Crippen LogP contribution >= 0.6 is 27.7 Å². The van der Waals surface area contributed by atoms with E-state index in [1.54, 1.807) is 30.3 Å². The number of hydrogen-bond donors (Lipinski definition) is 1. The molecule has 190 valence electrons. The first-order chi connectivity index (χ1) is 17.4. The minimum absolute atomic E-state index is 0.224. The molecule has 9 nitrogen and oxygen atoms in total. The van der Waals surface area contributed by atoms with E-state index in [0.29, 0.717) is 47.0 Å². The van der Waals surface area contributed by atoms with E-state index in [4.69, 9.17) is 14.2 Å². The van der Waals surface area contributed by atoms with E-state index in [-0.39, 0.29) is 11.4 Å². The van der Waals surface area contributed by atoms with Crippen molar-refractivity contribution < 1.29 is 28.6 Å². The maximum absolute atomic E-state index is 12.9. The number of benzene rings is 2. The highest BCUT2D eigenvalue weighted by Crippen LogP contribution is 2.39. The molecule has 3 amide bonds. The number of carbonyl (C=O) groups excluding carboxylic acids is 3. The number of methoxy groups -OCH3 is 1. The monoisotopic (exact) mass is 575 g/mol. The van der Waals surface area contributed by atoms with Crippen molar-refractivity contribution in [2.75, 3.05) is 56.8 Å². The summed E-state index contributed by atoms with van der Waals surface area (Å²) in [5.74, 6) is 0.0758. The van der Waals surface area contributed by atoms with Crippen LogP contribution in [-0.4, -0.2) is 68.5 Å². The van der Waals surface area contributed by atoms with Gasteiger partial charge in [0, 0.05) is 24.5 Å². The van der Waals surface area contributed by atoms with Crippen LogP contribution in [0.5, 0.6) is 11.5 Å². The van der Waals surface area contributed by atoms with Crippen LogP contribution in [0.3, 0.4) is 0 Å². The predicted octanol–water partition coefficient (Wildman–Crippen LogP) is 4.37. The molecule has 2 aliphatic rings. The van der Waals surface area contributed by atoms with E-state index in [9.17, 15) is 14.4 Å². The highest BCUT2D eigenvalue weighted by atomic mass is 79.9. The Bertz CT molecular complexity index is 1180. The van der Waals surface area contributed by atoms with Gasteiger partial charge in [-0.25, -0.2) is 0 Å². The smallest absolute Gasteiger partial charge is 0.294 e. The molecule has 2 heterocycles. The van der Waals surface area contributed by atoms with Crippen molar-refractivity contribution in [1.82, 2.24) is 4.90 Å². The first kappa shape index (κ1) is 26.1. The molecule has 0 aromatic heterocycles. The molecule has 2 saturated heterocycles. The minimum atomic E-state index is -0.521. The number of ether oxygens (including phenoxy) is 3. The van der Waals surface area contributed by atoms with E-state index in [1.165, 1.54) is 7.11 Å². The third-order valence-corrected chi connectivity index (χ3v) is 7.03. The first-order valence-corrected chi connectivity index (χ1v) is 13.0. The maximum atomic E-state index is 12.9. The minimum Gasteiger partial charge on any atom is -0.492 e. The molecule has 0 radical (unpaired) electrons. The second-order valence-corrected chi connectivity index (χ2v) is 9.78. The molecule has 0 spiro atoms. The Balaban J connectivity index is 1.41. The molecular weight excluding hydrogens is 550 g/mol. The SMILES string of the molecule is CCOc1cc(/C=C2/SC(=O)N(CC(=O)Nc3ccc(N4CCOCC4)cc3)C2=O)cc(Br)c1OC. The van der Waals surface area contributed by atoms with E-state index >= 15 is 0 Å². The highest BCUT2D eigenvalue weighted by molar-refractivity contribution is 9.10. The maximum Gasteiger partial charge on any atom is 0.294 e. The van der Waals surface area contributed by atoms with Crippen LogP contribution in [0, 0.1) is 0 Å². The average Bonchev–Trinajstić information content (AvgIpc) is 3.12. The molecule has 2 aromatic carbocycles. The Labute approximate surface area is 221 Å². The van der Waals surface area contributed by atoms with Crippen LogP contribution in [-0.2, 0) is 14.3 Å². The molecular formula is C25H26BrN3O6S. The highest BCUT2D eigenvalue weighted by Gasteiger charge is 2.36. The van der Waals surface area contributed by atoms with Crippen LogP contribution in [0.2, 0.25) is 0 Å². The van der Waals surface area contributed by atoms with Crippen LogP contribution in [0.1, 0.15) is 12.5 Å². The quantitative estimate of drug-likeness (QED) is 0.463. The Kier molecular flexibility index (Phi) is 8.55. The zero-order chi connectivity index (χ0) is 25.7.